The number of benzene rings is 10. The molecule has 12 aromatic rings. The van der Waals surface area contributed by atoms with Crippen LogP contribution in [0.3, 0.4) is 0 Å². The first-order chi connectivity index (χ1) is 38.2. The van der Waals surface area contributed by atoms with Crippen molar-refractivity contribution in [3.63, 3.8) is 0 Å². The van der Waals surface area contributed by atoms with Gasteiger partial charge in [-0.3, -0.25) is 0 Å². The van der Waals surface area contributed by atoms with Gasteiger partial charge in [-0.25, -0.2) is 0 Å². The van der Waals surface area contributed by atoms with Gasteiger partial charge in [0.2, 0.25) is 0 Å². The SMILES string of the molecule is Cc1cc(C)c(-c2ccc3c4ccc(-c5c(C)cc(C)cc5C)cc4n(-c4ccc(-c5cccc(C#N)c5)c(-n5c6cc(-c7c(C)cc(C)cc7C)ccc6c6ccc(-c7c(C)cc(C)cc7C)cc65)c4C(F)(F)F)c3c2)c(C)c1. The summed E-state index contributed by atoms with van der Waals surface area (Å²) >= 11 is 0. The summed E-state index contributed by atoms with van der Waals surface area (Å²) in [4.78, 5) is 0. The van der Waals surface area contributed by atoms with Crippen LogP contribution in [0, 0.1) is 94.4 Å². The van der Waals surface area contributed by atoms with E-state index in [2.05, 4.69) is 210 Å². The Bertz CT molecular complexity index is 4340. The number of rotatable bonds is 7. The molecule has 6 heteroatoms. The molecular formula is C74H62F3N3. The molecule has 0 radical (unpaired) electrons. The van der Waals surface area contributed by atoms with E-state index in [1.165, 1.54) is 0 Å². The highest BCUT2D eigenvalue weighted by molar-refractivity contribution is 6.14. The lowest BCUT2D eigenvalue weighted by Gasteiger charge is -2.25. The molecule has 3 nitrogen and oxygen atoms in total. The molecule has 2 aromatic heterocycles. The maximum atomic E-state index is 17.8. The zero-order valence-corrected chi connectivity index (χ0v) is 47.5. The summed E-state index contributed by atoms with van der Waals surface area (Å²) in [5.74, 6) is 0. The van der Waals surface area contributed by atoms with Crippen molar-refractivity contribution in [3.05, 3.63) is 236 Å². The Balaban J connectivity index is 1.29. The van der Waals surface area contributed by atoms with Crippen LogP contribution < -0.4 is 0 Å². The highest BCUT2D eigenvalue weighted by Gasteiger charge is 2.41. The number of aromatic nitrogens is 2. The van der Waals surface area contributed by atoms with Crippen LogP contribution >= 0.6 is 0 Å². The number of aryl methyl sites for hydroxylation is 12. The van der Waals surface area contributed by atoms with Crippen molar-refractivity contribution in [1.82, 2.24) is 9.13 Å². The largest absolute Gasteiger partial charge is 0.420 e. The van der Waals surface area contributed by atoms with Gasteiger partial charge >= 0.3 is 6.18 Å². The van der Waals surface area contributed by atoms with Gasteiger partial charge in [0.15, 0.2) is 0 Å². The number of nitriles is 1. The van der Waals surface area contributed by atoms with Crippen molar-refractivity contribution in [2.75, 3.05) is 0 Å². The lowest BCUT2D eigenvalue weighted by atomic mass is 9.92. The molecule has 2 heterocycles. The molecule has 0 bridgehead atoms. The summed E-state index contributed by atoms with van der Waals surface area (Å²) in [6, 6.07) is 55.2. The van der Waals surface area contributed by atoms with Gasteiger partial charge in [0.25, 0.3) is 0 Å². The Hall–Kier alpha value is -8.92. The molecule has 0 saturated carbocycles. The molecule has 0 spiro atoms. The molecule has 12 rings (SSSR count). The number of fused-ring (bicyclic) bond motifs is 6. The molecule has 0 aliphatic carbocycles. The second kappa shape index (κ2) is 19.2. The molecule has 0 saturated heterocycles. The average molecular weight is 1050 g/mol. The fourth-order valence-electron chi connectivity index (χ4n) is 14.0. The number of hydrogen-bond donors (Lipinski definition) is 0. The zero-order chi connectivity index (χ0) is 56.4. The fraction of sp³-hybridized carbons (Fsp3) is 0.176. The van der Waals surface area contributed by atoms with Gasteiger partial charge in [-0.15, -0.1) is 0 Å². The van der Waals surface area contributed by atoms with Crippen LogP contribution in [0.1, 0.15) is 77.9 Å². The summed E-state index contributed by atoms with van der Waals surface area (Å²) in [6.45, 7) is 25.2. The quantitative estimate of drug-likeness (QED) is 0.157. The lowest BCUT2D eigenvalue weighted by Crippen LogP contribution is -2.17. The second-order valence-electron chi connectivity index (χ2n) is 22.7. The Morgan fingerprint density at radius 2 is 0.675 bits per heavy atom. The average Bonchev–Trinajstić information content (AvgIpc) is 4.05. The van der Waals surface area contributed by atoms with Crippen molar-refractivity contribution < 1.29 is 13.2 Å². The number of nitrogens with zero attached hydrogens (tertiary/aromatic N) is 3. The van der Waals surface area contributed by atoms with Gasteiger partial charge in [-0.2, -0.15) is 18.4 Å². The third kappa shape index (κ3) is 8.50. The summed E-state index contributed by atoms with van der Waals surface area (Å²) in [7, 11) is 0. The van der Waals surface area contributed by atoms with E-state index in [1.54, 1.807) is 24.3 Å². The van der Waals surface area contributed by atoms with Crippen LogP contribution in [0.5, 0.6) is 0 Å². The first kappa shape index (κ1) is 51.8. The first-order valence-corrected chi connectivity index (χ1v) is 27.4. The summed E-state index contributed by atoms with van der Waals surface area (Å²) in [5.41, 5.74) is 24.1. The van der Waals surface area contributed by atoms with E-state index in [1.807, 2.05) is 21.3 Å². The molecule has 0 aliphatic rings. The molecule has 394 valence electrons. The van der Waals surface area contributed by atoms with E-state index in [9.17, 15) is 5.26 Å². The van der Waals surface area contributed by atoms with E-state index >= 15 is 13.2 Å². The highest BCUT2D eigenvalue weighted by atomic mass is 19.4. The number of hydrogen-bond acceptors (Lipinski definition) is 1. The second-order valence-corrected chi connectivity index (χ2v) is 22.7. The van der Waals surface area contributed by atoms with Crippen LogP contribution in [-0.4, -0.2) is 9.13 Å². The molecule has 0 atom stereocenters. The summed E-state index contributed by atoms with van der Waals surface area (Å²) in [5, 5.41) is 13.7. The van der Waals surface area contributed by atoms with Crippen LogP contribution in [-0.2, 0) is 6.18 Å². The van der Waals surface area contributed by atoms with E-state index < -0.39 is 11.7 Å². The molecule has 0 amide bonds. The number of halogens is 3. The Morgan fingerprint density at radius 3 is 0.988 bits per heavy atom. The summed E-state index contributed by atoms with van der Waals surface area (Å²) in [6.07, 6.45) is -4.94. The van der Waals surface area contributed by atoms with Gasteiger partial charge < -0.3 is 9.13 Å². The monoisotopic (exact) mass is 1050 g/mol. The minimum absolute atomic E-state index is 0.00514. The standard InChI is InChI=1S/C74H62F3N3/c1-40-26-44(5)68(45(6)27-40)54-16-20-59-60-21-17-55(69-46(7)28-41(2)29-47(69)8)36-65(60)79(64(59)35-54)63-25-24-58(53-15-13-14-52(34-53)39-78)73(72(63)74(75,76)77)80-66-37-56(70-48(9)30-42(3)31-49(70)10)18-22-61(66)62-23-19-57(38-67(62)80)71-50(11)32-43(4)33-51(71)12/h13-38H,1-12H3. The van der Waals surface area contributed by atoms with E-state index in [0.717, 1.165) is 133 Å². The molecular weight excluding hydrogens is 988 g/mol. The smallest absolute Gasteiger partial charge is 0.309 e. The van der Waals surface area contributed by atoms with E-state index in [4.69, 9.17) is 0 Å². The fourth-order valence-corrected chi connectivity index (χ4v) is 14.0. The molecule has 0 unspecified atom stereocenters. The van der Waals surface area contributed by atoms with Crippen LogP contribution in [0.4, 0.5) is 13.2 Å². The molecule has 10 aromatic carbocycles. The van der Waals surface area contributed by atoms with Gasteiger partial charge in [0.1, 0.15) is 5.56 Å². The van der Waals surface area contributed by atoms with Crippen molar-refractivity contribution in [3.8, 4) is 73.1 Å². The van der Waals surface area contributed by atoms with Gasteiger partial charge in [0.05, 0.1) is 45.1 Å². The number of alkyl halides is 3. The molecule has 80 heavy (non-hydrogen) atoms. The van der Waals surface area contributed by atoms with Gasteiger partial charge in [0, 0.05) is 27.1 Å². The normalized spacial score (nSPS) is 11.9. The van der Waals surface area contributed by atoms with Gasteiger partial charge in [-0.05, 0) is 220 Å². The predicted octanol–water partition coefficient (Wildman–Crippen LogP) is 20.8. The molecule has 0 N–H and O–H groups in total. The van der Waals surface area contributed by atoms with Crippen molar-refractivity contribution in [2.24, 2.45) is 0 Å². The highest BCUT2D eigenvalue weighted by Crippen LogP contribution is 2.50. The lowest BCUT2D eigenvalue weighted by molar-refractivity contribution is -0.137. The van der Waals surface area contributed by atoms with Crippen molar-refractivity contribution >= 4 is 43.6 Å². The van der Waals surface area contributed by atoms with Crippen LogP contribution in [0.15, 0.2) is 158 Å². The van der Waals surface area contributed by atoms with E-state index in [-0.39, 0.29) is 11.4 Å². The third-order valence-electron chi connectivity index (χ3n) is 16.6. The minimum Gasteiger partial charge on any atom is -0.309 e. The maximum Gasteiger partial charge on any atom is 0.420 e. The summed E-state index contributed by atoms with van der Waals surface area (Å²) < 4.78 is 57.2. The molecule has 0 fully saturated rings. The maximum absolute atomic E-state index is 17.8. The Kier molecular flexibility index (Phi) is 12.4. The zero-order valence-electron chi connectivity index (χ0n) is 47.5. The van der Waals surface area contributed by atoms with Crippen molar-refractivity contribution in [2.45, 2.75) is 89.3 Å². The first-order valence-electron chi connectivity index (χ1n) is 27.4. The Morgan fingerprint density at radius 1 is 0.350 bits per heavy atom. The van der Waals surface area contributed by atoms with Gasteiger partial charge in [-0.1, -0.05) is 138 Å². The van der Waals surface area contributed by atoms with E-state index in [0.29, 0.717) is 38.8 Å². The molecule has 0 aliphatic heterocycles. The topological polar surface area (TPSA) is 33.6 Å². The van der Waals surface area contributed by atoms with Crippen LogP contribution in [0.2, 0.25) is 0 Å². The Labute approximate surface area is 466 Å². The minimum atomic E-state index is -4.94. The van der Waals surface area contributed by atoms with Crippen LogP contribution in [0.25, 0.3) is 111 Å². The third-order valence-corrected chi connectivity index (χ3v) is 16.6. The predicted molar refractivity (Wildman–Crippen MR) is 329 cm³/mol. The van der Waals surface area contributed by atoms with Crippen molar-refractivity contribution in [1.29, 1.82) is 5.26 Å².